The second-order valence-electron chi connectivity index (χ2n) is 6.34. The van der Waals surface area contributed by atoms with E-state index in [2.05, 4.69) is 67.4 Å². The van der Waals surface area contributed by atoms with Crippen molar-refractivity contribution in [3.05, 3.63) is 70.8 Å². The summed E-state index contributed by atoms with van der Waals surface area (Å²) >= 11 is 0. The maximum absolute atomic E-state index is 2.46. The lowest BCUT2D eigenvalue weighted by atomic mass is 9.75. The Morgan fingerprint density at radius 1 is 1.00 bits per heavy atom. The van der Waals surface area contributed by atoms with Crippen molar-refractivity contribution >= 4 is 0 Å². The lowest BCUT2D eigenvalue weighted by molar-refractivity contribution is 0.285. The topological polar surface area (TPSA) is 3.24 Å². The van der Waals surface area contributed by atoms with Gasteiger partial charge in [-0.2, -0.15) is 0 Å². The fourth-order valence-corrected chi connectivity index (χ4v) is 4.38. The second kappa shape index (κ2) is 4.20. The molecular weight excluding hydrogens is 242 g/mol. The lowest BCUT2D eigenvalue weighted by Crippen LogP contribution is -2.37. The molecule has 0 saturated carbocycles. The molecule has 0 amide bonds. The van der Waals surface area contributed by atoms with Crippen LogP contribution in [0.4, 0.5) is 0 Å². The molecule has 20 heavy (non-hydrogen) atoms. The van der Waals surface area contributed by atoms with E-state index in [1.54, 1.807) is 22.3 Å². The first kappa shape index (κ1) is 12.2. The van der Waals surface area contributed by atoms with E-state index < -0.39 is 0 Å². The Labute approximate surface area is 121 Å². The quantitative estimate of drug-likeness (QED) is 0.814. The molecule has 0 radical (unpaired) electrons. The number of hydrogen-bond acceptors (Lipinski definition) is 1. The van der Waals surface area contributed by atoms with Crippen LogP contribution < -0.4 is 0 Å². The molecule has 2 aromatic carbocycles. The van der Waals surface area contributed by atoms with Crippen LogP contribution in [0.3, 0.4) is 0 Å². The van der Waals surface area contributed by atoms with Crippen LogP contribution >= 0.6 is 0 Å². The van der Waals surface area contributed by atoms with Gasteiger partial charge < -0.3 is 4.90 Å². The van der Waals surface area contributed by atoms with E-state index in [0.717, 1.165) is 13.1 Å². The molecule has 0 aromatic heterocycles. The summed E-state index contributed by atoms with van der Waals surface area (Å²) in [6.45, 7) is 4.49. The molecule has 2 aliphatic rings. The monoisotopic (exact) mass is 263 g/mol. The molecule has 0 spiro atoms. The third kappa shape index (κ3) is 1.42. The largest absolute Gasteiger partial charge is 0.305 e. The van der Waals surface area contributed by atoms with E-state index in [4.69, 9.17) is 0 Å². The minimum Gasteiger partial charge on any atom is -0.305 e. The van der Waals surface area contributed by atoms with Crippen molar-refractivity contribution in [2.24, 2.45) is 0 Å². The molecule has 4 rings (SSSR count). The molecule has 2 bridgehead atoms. The normalized spacial score (nSPS) is 25.9. The smallest absolute Gasteiger partial charge is 0.0344 e. The number of fused-ring (bicyclic) bond motifs is 8. The maximum atomic E-state index is 2.46. The van der Waals surface area contributed by atoms with Gasteiger partial charge in [-0.1, -0.05) is 55.5 Å². The van der Waals surface area contributed by atoms with Gasteiger partial charge in [-0.25, -0.2) is 0 Å². The van der Waals surface area contributed by atoms with Crippen LogP contribution in [-0.2, 0) is 5.41 Å². The first-order valence-electron chi connectivity index (χ1n) is 7.63. The summed E-state index contributed by atoms with van der Waals surface area (Å²) in [5.74, 6) is 0.618. The summed E-state index contributed by atoms with van der Waals surface area (Å²) < 4.78 is 0. The Morgan fingerprint density at radius 2 is 1.55 bits per heavy atom. The highest BCUT2D eigenvalue weighted by molar-refractivity contribution is 5.62. The Morgan fingerprint density at radius 3 is 2.10 bits per heavy atom. The predicted octanol–water partition coefficient (Wildman–Crippen LogP) is 3.77. The molecule has 102 valence electrons. The molecule has 0 atom stereocenters. The predicted molar refractivity (Wildman–Crippen MR) is 83.3 cm³/mol. The highest BCUT2D eigenvalue weighted by atomic mass is 15.1. The van der Waals surface area contributed by atoms with Crippen molar-refractivity contribution in [1.29, 1.82) is 0 Å². The number of nitrogens with zero attached hydrogens (tertiary/aromatic N) is 1. The molecule has 0 aliphatic heterocycles. The first-order chi connectivity index (χ1) is 9.76. The van der Waals surface area contributed by atoms with Crippen molar-refractivity contribution in [3.63, 3.8) is 0 Å². The van der Waals surface area contributed by atoms with E-state index in [-0.39, 0.29) is 5.41 Å². The molecule has 2 aliphatic carbocycles. The number of rotatable bonds is 3. The van der Waals surface area contributed by atoms with Gasteiger partial charge >= 0.3 is 0 Å². The molecular formula is C19H21N. The number of hydrogen-bond donors (Lipinski definition) is 0. The van der Waals surface area contributed by atoms with Gasteiger partial charge in [0, 0.05) is 17.9 Å². The lowest BCUT2D eigenvalue weighted by Gasteiger charge is -2.34. The summed E-state index contributed by atoms with van der Waals surface area (Å²) in [4.78, 5) is 2.46. The average Bonchev–Trinajstić information content (AvgIpc) is 3.00. The highest BCUT2D eigenvalue weighted by Crippen LogP contribution is 2.60. The SMILES string of the molecule is CCN(C)CC12CC(c3ccccc31)c1ccccc12. The Balaban J connectivity index is 1.93. The van der Waals surface area contributed by atoms with E-state index in [0.29, 0.717) is 5.92 Å². The minimum absolute atomic E-state index is 0.225. The van der Waals surface area contributed by atoms with Crippen molar-refractivity contribution in [1.82, 2.24) is 4.90 Å². The molecule has 0 unspecified atom stereocenters. The van der Waals surface area contributed by atoms with Crippen molar-refractivity contribution in [2.75, 3.05) is 20.1 Å². The number of benzene rings is 2. The molecule has 0 heterocycles. The molecule has 1 heteroatoms. The summed E-state index contributed by atoms with van der Waals surface area (Å²) in [7, 11) is 2.24. The molecule has 0 fully saturated rings. The fraction of sp³-hybridized carbons (Fsp3) is 0.368. The molecule has 1 nitrogen and oxygen atoms in total. The van der Waals surface area contributed by atoms with Gasteiger partial charge in [0.25, 0.3) is 0 Å². The van der Waals surface area contributed by atoms with Gasteiger partial charge in [0.2, 0.25) is 0 Å². The summed E-state index contributed by atoms with van der Waals surface area (Å²) in [5.41, 5.74) is 6.50. The fourth-order valence-electron chi connectivity index (χ4n) is 4.38. The second-order valence-corrected chi connectivity index (χ2v) is 6.34. The Kier molecular flexibility index (Phi) is 2.55. The third-order valence-electron chi connectivity index (χ3n) is 5.34. The average molecular weight is 263 g/mol. The zero-order valence-corrected chi connectivity index (χ0v) is 12.3. The van der Waals surface area contributed by atoms with Crippen LogP contribution in [0, 0.1) is 0 Å². The zero-order valence-electron chi connectivity index (χ0n) is 12.3. The standard InChI is InChI=1S/C19H21N/c1-3-20(2)13-19-12-16(14-8-4-6-10-17(14)19)15-9-5-7-11-18(15)19/h4-11,16H,3,12-13H2,1-2H3. The van der Waals surface area contributed by atoms with Crippen molar-refractivity contribution < 1.29 is 0 Å². The Bertz CT molecular complexity index is 611. The molecule has 0 N–H and O–H groups in total. The van der Waals surface area contributed by atoms with Crippen LogP contribution in [0.5, 0.6) is 0 Å². The van der Waals surface area contributed by atoms with E-state index in [1.807, 2.05) is 0 Å². The van der Waals surface area contributed by atoms with Crippen LogP contribution in [0.2, 0.25) is 0 Å². The molecule has 0 saturated heterocycles. The highest BCUT2D eigenvalue weighted by Gasteiger charge is 2.52. The summed E-state index contributed by atoms with van der Waals surface area (Å²) in [6.07, 6.45) is 1.26. The van der Waals surface area contributed by atoms with E-state index in [9.17, 15) is 0 Å². The first-order valence-corrected chi connectivity index (χ1v) is 7.63. The van der Waals surface area contributed by atoms with Crippen LogP contribution in [-0.4, -0.2) is 25.0 Å². The summed E-state index contributed by atoms with van der Waals surface area (Å²) in [5, 5.41) is 0. The van der Waals surface area contributed by atoms with Crippen molar-refractivity contribution in [2.45, 2.75) is 24.7 Å². The van der Waals surface area contributed by atoms with Crippen molar-refractivity contribution in [3.8, 4) is 0 Å². The van der Waals surface area contributed by atoms with Crippen LogP contribution in [0.15, 0.2) is 48.5 Å². The molecule has 2 aromatic rings. The van der Waals surface area contributed by atoms with Gasteiger partial charge in [0.1, 0.15) is 0 Å². The summed E-state index contributed by atoms with van der Waals surface area (Å²) in [6, 6.07) is 18.2. The Hall–Kier alpha value is -1.60. The van der Waals surface area contributed by atoms with Crippen LogP contribution in [0.1, 0.15) is 41.5 Å². The maximum Gasteiger partial charge on any atom is 0.0344 e. The van der Waals surface area contributed by atoms with E-state index in [1.165, 1.54) is 6.42 Å². The van der Waals surface area contributed by atoms with Gasteiger partial charge in [-0.05, 0) is 42.3 Å². The zero-order chi connectivity index (χ0) is 13.7. The van der Waals surface area contributed by atoms with Gasteiger partial charge in [0.15, 0.2) is 0 Å². The minimum atomic E-state index is 0.225. The third-order valence-corrected chi connectivity index (χ3v) is 5.34. The number of likely N-dealkylation sites (N-methyl/N-ethyl adjacent to an activating group) is 1. The van der Waals surface area contributed by atoms with Crippen LogP contribution in [0.25, 0.3) is 0 Å². The van der Waals surface area contributed by atoms with E-state index >= 15 is 0 Å². The van der Waals surface area contributed by atoms with Gasteiger partial charge in [-0.15, -0.1) is 0 Å². The van der Waals surface area contributed by atoms with Gasteiger partial charge in [0.05, 0.1) is 0 Å². The van der Waals surface area contributed by atoms with Gasteiger partial charge in [-0.3, -0.25) is 0 Å².